The number of rotatable bonds is 2. The van der Waals surface area contributed by atoms with Crippen LogP contribution in [0, 0.1) is 0 Å². The van der Waals surface area contributed by atoms with Crippen LogP contribution in [-0.4, -0.2) is 25.7 Å². The minimum Gasteiger partial charge on any atom is -0.399 e. The van der Waals surface area contributed by atoms with Gasteiger partial charge in [-0.3, -0.25) is 4.79 Å². The summed E-state index contributed by atoms with van der Waals surface area (Å²) in [5.41, 5.74) is 8.51. The van der Waals surface area contributed by atoms with Crippen molar-refractivity contribution in [1.82, 2.24) is 0 Å². The highest BCUT2D eigenvalue weighted by atomic mass is 16.5. The first-order chi connectivity index (χ1) is 7.63. The molecule has 1 aliphatic rings. The standard InChI is InChI=1S/C12H16N2O2/c1-8(16-2)12(15)14-6-5-9-3-4-10(13)7-11(9)14/h3-4,7-8H,5-6,13H2,1-2H3. The van der Waals surface area contributed by atoms with E-state index in [9.17, 15) is 4.79 Å². The van der Waals surface area contributed by atoms with Crippen molar-refractivity contribution < 1.29 is 9.53 Å². The third kappa shape index (κ3) is 1.76. The second kappa shape index (κ2) is 4.14. The summed E-state index contributed by atoms with van der Waals surface area (Å²) in [7, 11) is 1.54. The Kier molecular flexibility index (Phi) is 2.83. The Labute approximate surface area is 95.0 Å². The Morgan fingerprint density at radius 1 is 1.56 bits per heavy atom. The molecule has 0 fully saturated rings. The summed E-state index contributed by atoms with van der Waals surface area (Å²) in [6, 6.07) is 5.70. The van der Waals surface area contributed by atoms with Crippen molar-refractivity contribution in [2.45, 2.75) is 19.4 Å². The second-order valence-electron chi connectivity index (χ2n) is 4.01. The molecule has 0 radical (unpaired) electrons. The minimum absolute atomic E-state index is 0.00755. The van der Waals surface area contributed by atoms with Crippen LogP contribution >= 0.6 is 0 Å². The third-order valence-electron chi connectivity index (χ3n) is 2.97. The topological polar surface area (TPSA) is 55.6 Å². The molecule has 1 unspecified atom stereocenters. The molecule has 0 spiro atoms. The SMILES string of the molecule is COC(C)C(=O)N1CCc2ccc(N)cc21. The van der Waals surface area contributed by atoms with Gasteiger partial charge in [0.15, 0.2) is 0 Å². The van der Waals surface area contributed by atoms with Gasteiger partial charge in [-0.05, 0) is 31.0 Å². The van der Waals surface area contributed by atoms with Gasteiger partial charge in [0, 0.05) is 25.0 Å². The van der Waals surface area contributed by atoms with Crippen LogP contribution in [-0.2, 0) is 16.0 Å². The number of amides is 1. The Balaban J connectivity index is 2.29. The van der Waals surface area contributed by atoms with Crippen LogP contribution in [0.15, 0.2) is 18.2 Å². The quantitative estimate of drug-likeness (QED) is 0.762. The largest absolute Gasteiger partial charge is 0.399 e. The number of carbonyl (C=O) groups is 1. The van der Waals surface area contributed by atoms with E-state index >= 15 is 0 Å². The molecular weight excluding hydrogens is 204 g/mol. The van der Waals surface area contributed by atoms with Crippen molar-refractivity contribution in [3.8, 4) is 0 Å². The van der Waals surface area contributed by atoms with Crippen LogP contribution in [0.4, 0.5) is 11.4 Å². The number of fused-ring (bicyclic) bond motifs is 1. The zero-order chi connectivity index (χ0) is 11.7. The van der Waals surface area contributed by atoms with Gasteiger partial charge in [-0.15, -0.1) is 0 Å². The zero-order valence-electron chi connectivity index (χ0n) is 9.56. The van der Waals surface area contributed by atoms with E-state index in [1.165, 1.54) is 5.56 Å². The van der Waals surface area contributed by atoms with Gasteiger partial charge >= 0.3 is 0 Å². The van der Waals surface area contributed by atoms with E-state index in [4.69, 9.17) is 10.5 Å². The molecule has 0 saturated heterocycles. The summed E-state index contributed by atoms with van der Waals surface area (Å²) in [5.74, 6) is -0.00755. The molecule has 0 saturated carbocycles. The highest BCUT2D eigenvalue weighted by molar-refractivity contribution is 5.98. The van der Waals surface area contributed by atoms with E-state index in [1.807, 2.05) is 18.2 Å². The van der Waals surface area contributed by atoms with E-state index < -0.39 is 6.10 Å². The average molecular weight is 220 g/mol. The van der Waals surface area contributed by atoms with Gasteiger partial charge in [0.25, 0.3) is 5.91 Å². The Morgan fingerprint density at radius 2 is 2.31 bits per heavy atom. The first-order valence-corrected chi connectivity index (χ1v) is 5.36. The summed E-state index contributed by atoms with van der Waals surface area (Å²) < 4.78 is 5.05. The fourth-order valence-corrected chi connectivity index (χ4v) is 1.95. The molecule has 86 valence electrons. The number of nitrogens with zero attached hydrogens (tertiary/aromatic N) is 1. The number of carbonyl (C=O) groups excluding carboxylic acids is 1. The van der Waals surface area contributed by atoms with Crippen molar-refractivity contribution in [3.05, 3.63) is 23.8 Å². The molecular formula is C12H16N2O2. The van der Waals surface area contributed by atoms with E-state index in [0.717, 1.165) is 12.1 Å². The Hall–Kier alpha value is -1.55. The maximum Gasteiger partial charge on any atom is 0.255 e. The first-order valence-electron chi connectivity index (χ1n) is 5.36. The van der Waals surface area contributed by atoms with Gasteiger partial charge in [-0.2, -0.15) is 0 Å². The maximum atomic E-state index is 12.0. The molecule has 2 rings (SSSR count). The van der Waals surface area contributed by atoms with Gasteiger partial charge < -0.3 is 15.4 Å². The van der Waals surface area contributed by atoms with E-state index in [1.54, 1.807) is 18.9 Å². The molecule has 4 heteroatoms. The lowest BCUT2D eigenvalue weighted by Crippen LogP contribution is -2.37. The molecule has 1 heterocycles. The lowest BCUT2D eigenvalue weighted by atomic mass is 10.1. The van der Waals surface area contributed by atoms with Crippen LogP contribution in [0.3, 0.4) is 0 Å². The monoisotopic (exact) mass is 220 g/mol. The van der Waals surface area contributed by atoms with Gasteiger partial charge in [0.1, 0.15) is 6.10 Å². The van der Waals surface area contributed by atoms with Gasteiger partial charge in [0.2, 0.25) is 0 Å². The molecule has 16 heavy (non-hydrogen) atoms. The number of hydrogen-bond acceptors (Lipinski definition) is 3. The van der Waals surface area contributed by atoms with Crippen LogP contribution < -0.4 is 10.6 Å². The highest BCUT2D eigenvalue weighted by Gasteiger charge is 2.27. The molecule has 2 N–H and O–H groups in total. The lowest BCUT2D eigenvalue weighted by molar-refractivity contribution is -0.127. The third-order valence-corrected chi connectivity index (χ3v) is 2.97. The minimum atomic E-state index is -0.410. The van der Waals surface area contributed by atoms with Crippen molar-refractivity contribution in [2.24, 2.45) is 0 Å². The second-order valence-corrected chi connectivity index (χ2v) is 4.01. The van der Waals surface area contributed by atoms with Crippen molar-refractivity contribution >= 4 is 17.3 Å². The first kappa shape index (κ1) is 11.0. The molecule has 1 aromatic carbocycles. The van der Waals surface area contributed by atoms with E-state index in [-0.39, 0.29) is 5.91 Å². The number of hydrogen-bond donors (Lipinski definition) is 1. The number of ether oxygens (including phenoxy) is 1. The fourth-order valence-electron chi connectivity index (χ4n) is 1.95. The number of nitrogen functional groups attached to an aromatic ring is 1. The Morgan fingerprint density at radius 3 is 3.00 bits per heavy atom. The molecule has 1 aromatic rings. The smallest absolute Gasteiger partial charge is 0.255 e. The normalized spacial score (nSPS) is 16.0. The van der Waals surface area contributed by atoms with Crippen LogP contribution in [0.1, 0.15) is 12.5 Å². The summed E-state index contributed by atoms with van der Waals surface area (Å²) >= 11 is 0. The van der Waals surface area contributed by atoms with E-state index in [0.29, 0.717) is 12.2 Å². The van der Waals surface area contributed by atoms with Crippen LogP contribution in [0.25, 0.3) is 0 Å². The molecule has 0 bridgehead atoms. The number of anilines is 2. The number of methoxy groups -OCH3 is 1. The summed E-state index contributed by atoms with van der Waals surface area (Å²) in [5, 5.41) is 0. The van der Waals surface area contributed by atoms with Crippen molar-refractivity contribution in [1.29, 1.82) is 0 Å². The molecule has 0 aliphatic carbocycles. The molecule has 1 amide bonds. The van der Waals surface area contributed by atoms with Gasteiger partial charge in [-0.1, -0.05) is 6.07 Å². The molecule has 1 atom stereocenters. The summed E-state index contributed by atoms with van der Waals surface area (Å²) in [6.07, 6.45) is 0.477. The fraction of sp³-hybridized carbons (Fsp3) is 0.417. The molecule has 1 aliphatic heterocycles. The summed E-state index contributed by atoms with van der Waals surface area (Å²) in [6.45, 7) is 2.47. The van der Waals surface area contributed by atoms with Crippen LogP contribution in [0.5, 0.6) is 0 Å². The Bertz CT molecular complexity index is 417. The average Bonchev–Trinajstić information content (AvgIpc) is 2.69. The van der Waals surface area contributed by atoms with Crippen molar-refractivity contribution in [3.63, 3.8) is 0 Å². The summed E-state index contributed by atoms with van der Waals surface area (Å²) in [4.78, 5) is 13.8. The number of benzene rings is 1. The lowest BCUT2D eigenvalue weighted by Gasteiger charge is -2.20. The maximum absolute atomic E-state index is 12.0. The van der Waals surface area contributed by atoms with Gasteiger partial charge in [-0.25, -0.2) is 0 Å². The number of nitrogens with two attached hydrogens (primary N) is 1. The van der Waals surface area contributed by atoms with Crippen LogP contribution in [0.2, 0.25) is 0 Å². The highest BCUT2D eigenvalue weighted by Crippen LogP contribution is 2.30. The van der Waals surface area contributed by atoms with Crippen molar-refractivity contribution in [2.75, 3.05) is 24.3 Å². The molecule has 0 aromatic heterocycles. The van der Waals surface area contributed by atoms with Gasteiger partial charge in [0.05, 0.1) is 0 Å². The van der Waals surface area contributed by atoms with E-state index in [2.05, 4.69) is 0 Å². The predicted molar refractivity (Wildman–Crippen MR) is 63.4 cm³/mol. The molecule has 4 nitrogen and oxygen atoms in total. The predicted octanol–water partition coefficient (Wildman–Crippen LogP) is 1.19. The zero-order valence-corrected chi connectivity index (χ0v) is 9.56.